The molecule has 0 amide bonds. The Kier molecular flexibility index (Phi) is 2.71. The molecule has 0 aliphatic rings. The molecule has 19 heavy (non-hydrogen) atoms. The number of aromatic nitrogens is 7. The van der Waals surface area contributed by atoms with Crippen LogP contribution in [0.5, 0.6) is 0 Å². The minimum Gasteiger partial charge on any atom is -0.368 e. The largest absolute Gasteiger partial charge is 0.368 e. The summed E-state index contributed by atoms with van der Waals surface area (Å²) in [4.78, 5) is 15.2. The molecular formula is C10H13N9. The molecule has 0 bridgehead atoms. The second kappa shape index (κ2) is 4.52. The Balaban J connectivity index is 1.75. The van der Waals surface area contributed by atoms with Crippen LogP contribution in [0.2, 0.25) is 0 Å². The molecule has 3 aromatic rings. The van der Waals surface area contributed by atoms with E-state index in [4.69, 9.17) is 5.73 Å². The molecule has 3 rings (SSSR count). The van der Waals surface area contributed by atoms with Gasteiger partial charge in [-0.05, 0) is 0 Å². The van der Waals surface area contributed by atoms with E-state index in [0.29, 0.717) is 18.0 Å². The Bertz CT molecular complexity index is 698. The summed E-state index contributed by atoms with van der Waals surface area (Å²) in [7, 11) is 1.91. The quantitative estimate of drug-likeness (QED) is 0.588. The van der Waals surface area contributed by atoms with E-state index in [-0.39, 0.29) is 5.95 Å². The third kappa shape index (κ3) is 2.17. The van der Waals surface area contributed by atoms with Crippen LogP contribution < -0.4 is 11.1 Å². The first-order valence-electron chi connectivity index (χ1n) is 5.77. The number of rotatable bonds is 4. The highest BCUT2D eigenvalue weighted by Gasteiger charge is 2.08. The molecule has 0 atom stereocenters. The zero-order valence-electron chi connectivity index (χ0n) is 10.3. The summed E-state index contributed by atoms with van der Waals surface area (Å²) < 4.78 is 1.88. The third-order valence-electron chi connectivity index (χ3n) is 2.75. The van der Waals surface area contributed by atoms with Crippen LogP contribution >= 0.6 is 0 Å². The van der Waals surface area contributed by atoms with Gasteiger partial charge in [0.1, 0.15) is 17.7 Å². The number of fused-ring (bicyclic) bond motifs is 1. The molecule has 0 radical (unpaired) electrons. The second-order valence-electron chi connectivity index (χ2n) is 4.07. The number of aryl methyl sites for hydroxylation is 1. The first kappa shape index (κ1) is 11.4. The first-order valence-corrected chi connectivity index (χ1v) is 5.77. The van der Waals surface area contributed by atoms with Gasteiger partial charge in [0.15, 0.2) is 11.5 Å². The number of hydrogen-bond donors (Lipinski definition) is 3. The summed E-state index contributed by atoms with van der Waals surface area (Å²) in [5, 5.41) is 11.0. The van der Waals surface area contributed by atoms with Gasteiger partial charge in [-0.15, -0.1) is 10.2 Å². The van der Waals surface area contributed by atoms with Crippen molar-refractivity contribution in [2.24, 2.45) is 7.05 Å². The molecule has 0 saturated heterocycles. The van der Waals surface area contributed by atoms with Gasteiger partial charge in [0.2, 0.25) is 5.95 Å². The minimum absolute atomic E-state index is 0.195. The molecule has 0 fully saturated rings. The highest BCUT2D eigenvalue weighted by atomic mass is 15.2. The van der Waals surface area contributed by atoms with Crippen LogP contribution in [0.4, 0.5) is 11.8 Å². The summed E-state index contributed by atoms with van der Waals surface area (Å²) in [6, 6.07) is 0. The van der Waals surface area contributed by atoms with Crippen LogP contribution in [0.15, 0.2) is 12.7 Å². The van der Waals surface area contributed by atoms with Crippen molar-refractivity contribution >= 4 is 22.9 Å². The number of imidazole rings is 1. The lowest BCUT2D eigenvalue weighted by atomic mass is 10.4. The number of nitrogen functional groups attached to an aromatic ring is 1. The van der Waals surface area contributed by atoms with Crippen molar-refractivity contribution in [1.29, 1.82) is 0 Å². The molecular weight excluding hydrogens is 246 g/mol. The van der Waals surface area contributed by atoms with Crippen molar-refractivity contribution in [2.45, 2.75) is 6.42 Å². The van der Waals surface area contributed by atoms with Gasteiger partial charge in [0.05, 0.1) is 6.33 Å². The summed E-state index contributed by atoms with van der Waals surface area (Å²) in [6.45, 7) is 0.664. The SMILES string of the molecule is Cn1cnnc1CCNc1nc(N)nc2nc[nH]c12. The summed E-state index contributed by atoms with van der Waals surface area (Å²) in [5.41, 5.74) is 6.92. The fraction of sp³-hybridized carbons (Fsp3) is 0.300. The maximum Gasteiger partial charge on any atom is 0.224 e. The van der Waals surface area contributed by atoms with Crippen LogP contribution in [0.1, 0.15) is 5.82 Å². The number of H-pyrrole nitrogens is 1. The number of hydrogen-bond acceptors (Lipinski definition) is 7. The van der Waals surface area contributed by atoms with E-state index < -0.39 is 0 Å². The molecule has 0 aliphatic heterocycles. The lowest BCUT2D eigenvalue weighted by Gasteiger charge is -2.06. The molecule has 3 heterocycles. The van der Waals surface area contributed by atoms with Crippen molar-refractivity contribution in [3.8, 4) is 0 Å². The van der Waals surface area contributed by atoms with Gasteiger partial charge in [-0.2, -0.15) is 9.97 Å². The van der Waals surface area contributed by atoms with Gasteiger partial charge >= 0.3 is 0 Å². The minimum atomic E-state index is 0.195. The Morgan fingerprint density at radius 1 is 1.42 bits per heavy atom. The van der Waals surface area contributed by atoms with Crippen LogP contribution in [0, 0.1) is 0 Å². The highest BCUT2D eigenvalue weighted by molar-refractivity contribution is 5.83. The number of anilines is 2. The normalized spacial score (nSPS) is 11.0. The number of aromatic amines is 1. The number of nitrogens with zero attached hydrogens (tertiary/aromatic N) is 6. The van der Waals surface area contributed by atoms with Gasteiger partial charge in [-0.1, -0.05) is 0 Å². The van der Waals surface area contributed by atoms with Gasteiger partial charge in [-0.3, -0.25) is 0 Å². The summed E-state index contributed by atoms with van der Waals surface area (Å²) in [5.74, 6) is 1.73. The van der Waals surface area contributed by atoms with Gasteiger partial charge in [0, 0.05) is 20.0 Å². The van der Waals surface area contributed by atoms with Crippen molar-refractivity contribution in [1.82, 2.24) is 34.7 Å². The zero-order valence-corrected chi connectivity index (χ0v) is 10.3. The average molecular weight is 259 g/mol. The predicted molar refractivity (Wildman–Crippen MR) is 69.3 cm³/mol. The molecule has 0 aromatic carbocycles. The first-order chi connectivity index (χ1) is 9.24. The topological polar surface area (TPSA) is 123 Å². The summed E-state index contributed by atoms with van der Waals surface area (Å²) >= 11 is 0. The molecule has 9 nitrogen and oxygen atoms in total. The zero-order chi connectivity index (χ0) is 13.2. The molecule has 98 valence electrons. The molecule has 0 unspecified atom stereocenters. The van der Waals surface area contributed by atoms with Crippen LogP contribution in [-0.4, -0.2) is 41.2 Å². The van der Waals surface area contributed by atoms with Crippen molar-refractivity contribution in [3.05, 3.63) is 18.5 Å². The molecule has 4 N–H and O–H groups in total. The predicted octanol–water partition coefficient (Wildman–Crippen LogP) is -0.282. The van der Waals surface area contributed by atoms with E-state index >= 15 is 0 Å². The standard InChI is InChI=1S/C10H13N9/c1-19-5-15-18-6(19)2-3-12-8-7-9(14-4-13-7)17-10(11)16-8/h4-5H,2-3H2,1H3,(H4,11,12,13,14,16,17). The third-order valence-corrected chi connectivity index (χ3v) is 2.75. The lowest BCUT2D eigenvalue weighted by Crippen LogP contribution is -2.11. The van der Waals surface area contributed by atoms with Crippen LogP contribution in [0.3, 0.4) is 0 Å². The van der Waals surface area contributed by atoms with E-state index in [1.54, 1.807) is 12.7 Å². The van der Waals surface area contributed by atoms with E-state index in [0.717, 1.165) is 17.8 Å². The van der Waals surface area contributed by atoms with E-state index in [2.05, 4.69) is 35.5 Å². The molecule has 3 aromatic heterocycles. The maximum atomic E-state index is 5.63. The van der Waals surface area contributed by atoms with Crippen LogP contribution in [-0.2, 0) is 13.5 Å². The fourth-order valence-electron chi connectivity index (χ4n) is 1.80. The Hall–Kier alpha value is -2.71. The van der Waals surface area contributed by atoms with Gasteiger partial charge < -0.3 is 20.6 Å². The smallest absolute Gasteiger partial charge is 0.224 e. The van der Waals surface area contributed by atoms with Crippen LogP contribution in [0.25, 0.3) is 11.2 Å². The summed E-state index contributed by atoms with van der Waals surface area (Å²) in [6.07, 6.45) is 3.97. The van der Waals surface area contributed by atoms with Crippen molar-refractivity contribution < 1.29 is 0 Å². The Morgan fingerprint density at radius 2 is 2.32 bits per heavy atom. The Labute approximate surface area is 108 Å². The van der Waals surface area contributed by atoms with E-state index in [1.165, 1.54) is 0 Å². The maximum absolute atomic E-state index is 5.63. The lowest BCUT2D eigenvalue weighted by molar-refractivity contribution is 0.787. The average Bonchev–Trinajstić information content (AvgIpc) is 2.98. The number of nitrogens with one attached hydrogen (secondary N) is 2. The van der Waals surface area contributed by atoms with Crippen molar-refractivity contribution in [3.63, 3.8) is 0 Å². The monoisotopic (exact) mass is 259 g/mol. The van der Waals surface area contributed by atoms with Gasteiger partial charge in [-0.25, -0.2) is 4.98 Å². The molecule has 0 aliphatic carbocycles. The number of nitrogens with two attached hydrogens (primary N) is 1. The van der Waals surface area contributed by atoms with Gasteiger partial charge in [0.25, 0.3) is 0 Å². The highest BCUT2D eigenvalue weighted by Crippen LogP contribution is 2.16. The Morgan fingerprint density at radius 3 is 3.11 bits per heavy atom. The fourth-order valence-corrected chi connectivity index (χ4v) is 1.80. The molecule has 0 saturated carbocycles. The molecule has 0 spiro atoms. The van der Waals surface area contributed by atoms with E-state index in [1.807, 2.05) is 11.6 Å². The molecule has 9 heteroatoms. The second-order valence-corrected chi connectivity index (χ2v) is 4.07. The van der Waals surface area contributed by atoms with Crippen molar-refractivity contribution in [2.75, 3.05) is 17.6 Å². The van der Waals surface area contributed by atoms with E-state index in [9.17, 15) is 0 Å².